The van der Waals surface area contributed by atoms with Crippen LogP contribution in [-0.2, 0) is 0 Å². The van der Waals surface area contributed by atoms with Crippen LogP contribution in [0.25, 0.3) is 11.1 Å². The molecule has 2 heterocycles. The van der Waals surface area contributed by atoms with E-state index in [9.17, 15) is 0 Å². The average Bonchev–Trinajstić information content (AvgIpc) is 2.30. The number of hydrogen-bond acceptors (Lipinski definition) is 4. The number of rotatable bonds is 2. The molecule has 0 radical (unpaired) electrons. The zero-order valence-corrected chi connectivity index (χ0v) is 8.77. The smallest absolute Gasteiger partial charge is 0.212 e. The lowest BCUT2D eigenvalue weighted by atomic mass is 10.1. The summed E-state index contributed by atoms with van der Waals surface area (Å²) in [5, 5.41) is 0.414. The molecule has 0 aliphatic rings. The number of pyridine rings is 1. The molecule has 15 heavy (non-hydrogen) atoms. The van der Waals surface area contributed by atoms with E-state index in [1.54, 1.807) is 25.6 Å². The van der Waals surface area contributed by atoms with Crippen molar-refractivity contribution in [3.05, 3.63) is 36.0 Å². The summed E-state index contributed by atoms with van der Waals surface area (Å²) < 4.78 is 4.96. The van der Waals surface area contributed by atoms with Gasteiger partial charge in [0, 0.05) is 29.6 Å². The molecule has 0 amide bonds. The molecule has 0 bridgehead atoms. The molecule has 76 valence electrons. The minimum Gasteiger partial charge on any atom is -0.481 e. The van der Waals surface area contributed by atoms with Crippen molar-refractivity contribution in [3.8, 4) is 17.0 Å². The maximum absolute atomic E-state index is 5.92. The molecule has 0 fully saturated rings. The van der Waals surface area contributed by atoms with E-state index in [4.69, 9.17) is 16.3 Å². The van der Waals surface area contributed by atoms with E-state index < -0.39 is 0 Å². The minimum atomic E-state index is 0.414. The second kappa shape index (κ2) is 4.23. The summed E-state index contributed by atoms with van der Waals surface area (Å²) in [7, 11) is 1.57. The zero-order valence-electron chi connectivity index (χ0n) is 8.01. The van der Waals surface area contributed by atoms with Crippen molar-refractivity contribution in [2.75, 3.05) is 7.11 Å². The molecular weight excluding hydrogens is 214 g/mol. The third-order valence-corrected chi connectivity index (χ3v) is 2.22. The van der Waals surface area contributed by atoms with Crippen LogP contribution in [0, 0.1) is 0 Å². The molecule has 0 unspecified atom stereocenters. The minimum absolute atomic E-state index is 0.414. The summed E-state index contributed by atoms with van der Waals surface area (Å²) in [6, 6.07) is 3.62. The van der Waals surface area contributed by atoms with Crippen molar-refractivity contribution in [1.82, 2.24) is 15.0 Å². The molecular formula is C10H8ClN3O. The van der Waals surface area contributed by atoms with Crippen LogP contribution in [0.2, 0.25) is 5.15 Å². The molecule has 0 spiro atoms. The zero-order chi connectivity index (χ0) is 10.7. The van der Waals surface area contributed by atoms with E-state index in [0.717, 1.165) is 11.1 Å². The van der Waals surface area contributed by atoms with Crippen molar-refractivity contribution < 1.29 is 4.74 Å². The van der Waals surface area contributed by atoms with Crippen molar-refractivity contribution >= 4 is 11.6 Å². The maximum atomic E-state index is 5.92. The number of nitrogens with zero attached hydrogens (tertiary/aromatic N) is 3. The molecule has 2 aromatic rings. The van der Waals surface area contributed by atoms with E-state index in [2.05, 4.69) is 15.0 Å². The fourth-order valence-corrected chi connectivity index (χ4v) is 1.37. The first-order chi connectivity index (χ1) is 7.31. The Bertz CT molecular complexity index is 458. The normalized spacial score (nSPS) is 10.0. The summed E-state index contributed by atoms with van der Waals surface area (Å²) in [6.45, 7) is 0. The second-order valence-corrected chi connectivity index (χ2v) is 3.17. The van der Waals surface area contributed by atoms with Gasteiger partial charge in [0.2, 0.25) is 5.88 Å². The van der Waals surface area contributed by atoms with Gasteiger partial charge < -0.3 is 4.74 Å². The first kappa shape index (κ1) is 9.86. The van der Waals surface area contributed by atoms with Crippen molar-refractivity contribution in [3.63, 3.8) is 0 Å². The van der Waals surface area contributed by atoms with Crippen molar-refractivity contribution in [2.24, 2.45) is 0 Å². The first-order valence-electron chi connectivity index (χ1n) is 4.27. The van der Waals surface area contributed by atoms with Gasteiger partial charge >= 0.3 is 0 Å². The van der Waals surface area contributed by atoms with E-state index in [0.29, 0.717) is 11.0 Å². The Morgan fingerprint density at radius 2 is 2.07 bits per heavy atom. The summed E-state index contributed by atoms with van der Waals surface area (Å²) in [6.07, 6.45) is 4.73. The maximum Gasteiger partial charge on any atom is 0.212 e. The summed E-state index contributed by atoms with van der Waals surface area (Å²) in [5.74, 6) is 0.562. The van der Waals surface area contributed by atoms with Crippen molar-refractivity contribution in [1.29, 1.82) is 0 Å². The predicted octanol–water partition coefficient (Wildman–Crippen LogP) is 2.20. The van der Waals surface area contributed by atoms with Crippen molar-refractivity contribution in [2.45, 2.75) is 0 Å². The van der Waals surface area contributed by atoms with E-state index >= 15 is 0 Å². The predicted molar refractivity (Wildman–Crippen MR) is 56.8 cm³/mol. The molecule has 0 N–H and O–H groups in total. The summed E-state index contributed by atoms with van der Waals surface area (Å²) in [4.78, 5) is 11.9. The van der Waals surface area contributed by atoms with Gasteiger partial charge in [0.1, 0.15) is 11.5 Å². The number of halogens is 1. The summed E-state index contributed by atoms with van der Waals surface area (Å²) in [5.41, 5.74) is 1.62. The molecule has 0 aromatic carbocycles. The van der Waals surface area contributed by atoms with E-state index in [1.165, 1.54) is 6.33 Å². The fraction of sp³-hybridized carbons (Fsp3) is 0.100. The van der Waals surface area contributed by atoms with E-state index in [1.807, 2.05) is 6.07 Å². The Balaban J connectivity index is 2.42. The van der Waals surface area contributed by atoms with Gasteiger partial charge in [-0.15, -0.1) is 0 Å². The SMILES string of the molecule is COc1ccc(-c2cncnc2Cl)cn1. The highest BCUT2D eigenvalue weighted by molar-refractivity contribution is 6.32. The van der Waals surface area contributed by atoms with Crippen LogP contribution < -0.4 is 4.74 Å². The topological polar surface area (TPSA) is 47.9 Å². The largest absolute Gasteiger partial charge is 0.481 e. The van der Waals surface area contributed by atoms with Crippen LogP contribution in [0.3, 0.4) is 0 Å². The number of methoxy groups -OCH3 is 1. The van der Waals surface area contributed by atoms with Crippen LogP contribution in [0.1, 0.15) is 0 Å². The third kappa shape index (κ3) is 2.05. The Morgan fingerprint density at radius 3 is 2.67 bits per heavy atom. The molecule has 0 aliphatic carbocycles. The molecule has 5 heteroatoms. The van der Waals surface area contributed by atoms with Crippen LogP contribution in [0.4, 0.5) is 0 Å². The number of ether oxygens (including phenoxy) is 1. The van der Waals surface area contributed by atoms with Gasteiger partial charge in [-0.3, -0.25) is 0 Å². The van der Waals surface area contributed by atoms with Gasteiger partial charge in [-0.1, -0.05) is 11.6 Å². The van der Waals surface area contributed by atoms with Gasteiger partial charge in [0.15, 0.2) is 0 Å². The highest BCUT2D eigenvalue weighted by Crippen LogP contribution is 2.24. The lowest BCUT2D eigenvalue weighted by Gasteiger charge is -2.03. The first-order valence-corrected chi connectivity index (χ1v) is 4.65. The standard InChI is InChI=1S/C10H8ClN3O/c1-15-9-3-2-7(4-13-9)8-5-12-6-14-10(8)11/h2-6H,1H3. The fourth-order valence-electron chi connectivity index (χ4n) is 1.17. The number of aromatic nitrogens is 3. The Labute approximate surface area is 91.9 Å². The number of hydrogen-bond donors (Lipinski definition) is 0. The average molecular weight is 222 g/mol. The lowest BCUT2D eigenvalue weighted by molar-refractivity contribution is 0.398. The van der Waals surface area contributed by atoms with Gasteiger partial charge in [0.05, 0.1) is 7.11 Å². The molecule has 0 aliphatic heterocycles. The van der Waals surface area contributed by atoms with E-state index in [-0.39, 0.29) is 0 Å². The summed E-state index contributed by atoms with van der Waals surface area (Å²) >= 11 is 5.92. The Morgan fingerprint density at radius 1 is 1.20 bits per heavy atom. The molecule has 0 atom stereocenters. The van der Waals surface area contributed by atoms with Crippen LogP contribution in [0.5, 0.6) is 5.88 Å². The molecule has 0 saturated heterocycles. The Hall–Kier alpha value is -1.68. The lowest BCUT2D eigenvalue weighted by Crippen LogP contribution is -1.89. The molecule has 0 saturated carbocycles. The monoisotopic (exact) mass is 221 g/mol. The van der Waals surface area contributed by atoms with Crippen LogP contribution in [0.15, 0.2) is 30.9 Å². The Kier molecular flexibility index (Phi) is 2.78. The van der Waals surface area contributed by atoms with Crippen LogP contribution in [-0.4, -0.2) is 22.1 Å². The third-order valence-electron chi connectivity index (χ3n) is 1.92. The highest BCUT2D eigenvalue weighted by Gasteiger charge is 2.04. The molecule has 2 aromatic heterocycles. The van der Waals surface area contributed by atoms with Gasteiger partial charge in [-0.2, -0.15) is 0 Å². The quantitative estimate of drug-likeness (QED) is 0.730. The van der Waals surface area contributed by atoms with Gasteiger partial charge in [0.25, 0.3) is 0 Å². The molecule has 4 nitrogen and oxygen atoms in total. The molecule has 2 rings (SSSR count). The highest BCUT2D eigenvalue weighted by atomic mass is 35.5. The van der Waals surface area contributed by atoms with Crippen LogP contribution >= 0.6 is 11.6 Å². The van der Waals surface area contributed by atoms with Gasteiger partial charge in [-0.05, 0) is 6.07 Å². The second-order valence-electron chi connectivity index (χ2n) is 2.82. The van der Waals surface area contributed by atoms with Gasteiger partial charge in [-0.25, -0.2) is 15.0 Å².